The molecule has 5 nitrogen and oxygen atoms in total. The minimum Gasteiger partial charge on any atom is -0.396 e. The number of hydrogen-bond acceptors (Lipinski definition) is 3. The Morgan fingerprint density at radius 1 is 1.33 bits per heavy atom. The molecule has 1 fully saturated rings. The van der Waals surface area contributed by atoms with E-state index in [2.05, 4.69) is 10.6 Å². The third-order valence-corrected chi connectivity index (χ3v) is 3.40. The SMILES string of the molecule is CCOCCCNC(=O)NC1CCC(CO)CC1. The Hall–Kier alpha value is -0.810. The van der Waals surface area contributed by atoms with Crippen LogP contribution >= 0.6 is 0 Å². The number of urea groups is 1. The Kier molecular flexibility index (Phi) is 7.76. The van der Waals surface area contributed by atoms with Gasteiger partial charge in [-0.3, -0.25) is 0 Å². The monoisotopic (exact) mass is 258 g/mol. The Bertz CT molecular complexity index is 228. The first-order valence-corrected chi connectivity index (χ1v) is 6.99. The van der Waals surface area contributed by atoms with Crippen molar-refractivity contribution in [2.45, 2.75) is 45.1 Å². The van der Waals surface area contributed by atoms with E-state index >= 15 is 0 Å². The molecular formula is C13H26N2O3. The van der Waals surface area contributed by atoms with E-state index in [9.17, 15) is 4.79 Å². The second-order valence-corrected chi connectivity index (χ2v) is 4.85. The number of amides is 2. The molecule has 0 aromatic heterocycles. The summed E-state index contributed by atoms with van der Waals surface area (Å²) in [6.07, 6.45) is 4.80. The van der Waals surface area contributed by atoms with E-state index in [1.807, 2.05) is 6.92 Å². The van der Waals surface area contributed by atoms with E-state index in [1.165, 1.54) is 0 Å². The minimum atomic E-state index is -0.0843. The van der Waals surface area contributed by atoms with Crippen molar-refractivity contribution in [1.82, 2.24) is 10.6 Å². The zero-order chi connectivity index (χ0) is 13.2. The molecule has 1 rings (SSSR count). The van der Waals surface area contributed by atoms with Gasteiger partial charge in [0.05, 0.1) is 0 Å². The molecule has 0 heterocycles. The first-order chi connectivity index (χ1) is 8.76. The number of ether oxygens (including phenoxy) is 1. The van der Waals surface area contributed by atoms with Crippen LogP contribution in [0.4, 0.5) is 4.79 Å². The molecule has 1 aliphatic rings. The summed E-state index contributed by atoms with van der Waals surface area (Å²) < 4.78 is 5.19. The van der Waals surface area contributed by atoms with Crippen molar-refractivity contribution in [3.8, 4) is 0 Å². The van der Waals surface area contributed by atoms with Crippen LogP contribution < -0.4 is 10.6 Å². The molecule has 106 valence electrons. The smallest absolute Gasteiger partial charge is 0.315 e. The molecule has 0 saturated heterocycles. The van der Waals surface area contributed by atoms with Crippen LogP contribution in [0.25, 0.3) is 0 Å². The van der Waals surface area contributed by atoms with Crippen molar-refractivity contribution >= 4 is 6.03 Å². The molecule has 18 heavy (non-hydrogen) atoms. The van der Waals surface area contributed by atoms with Gasteiger partial charge in [0.1, 0.15) is 0 Å². The average molecular weight is 258 g/mol. The molecule has 1 aliphatic carbocycles. The summed E-state index contributed by atoms with van der Waals surface area (Å²) in [5, 5.41) is 14.9. The van der Waals surface area contributed by atoms with Gasteiger partial charge in [-0.05, 0) is 44.9 Å². The van der Waals surface area contributed by atoms with Crippen molar-refractivity contribution in [2.75, 3.05) is 26.4 Å². The third kappa shape index (κ3) is 6.21. The highest BCUT2D eigenvalue weighted by Gasteiger charge is 2.21. The zero-order valence-corrected chi connectivity index (χ0v) is 11.3. The largest absolute Gasteiger partial charge is 0.396 e. The molecule has 0 bridgehead atoms. The van der Waals surface area contributed by atoms with E-state index in [-0.39, 0.29) is 18.7 Å². The summed E-state index contributed by atoms with van der Waals surface area (Å²) in [6.45, 7) is 4.30. The quantitative estimate of drug-likeness (QED) is 0.602. The molecule has 0 aromatic carbocycles. The molecule has 0 atom stereocenters. The maximum absolute atomic E-state index is 11.6. The fraction of sp³-hybridized carbons (Fsp3) is 0.923. The fourth-order valence-electron chi connectivity index (χ4n) is 2.25. The normalized spacial score (nSPS) is 23.7. The lowest BCUT2D eigenvalue weighted by atomic mass is 9.87. The summed E-state index contributed by atoms with van der Waals surface area (Å²) in [5.41, 5.74) is 0. The van der Waals surface area contributed by atoms with Gasteiger partial charge >= 0.3 is 6.03 Å². The highest BCUT2D eigenvalue weighted by molar-refractivity contribution is 5.74. The number of carbonyl (C=O) groups is 1. The van der Waals surface area contributed by atoms with Crippen LogP contribution in [0, 0.1) is 5.92 Å². The number of nitrogens with one attached hydrogen (secondary N) is 2. The van der Waals surface area contributed by atoms with Crippen LogP contribution in [0.2, 0.25) is 0 Å². The number of hydrogen-bond donors (Lipinski definition) is 3. The molecule has 1 saturated carbocycles. The molecule has 3 N–H and O–H groups in total. The van der Waals surface area contributed by atoms with E-state index in [0.29, 0.717) is 19.1 Å². The maximum atomic E-state index is 11.6. The Balaban J connectivity index is 2.02. The van der Waals surface area contributed by atoms with Crippen LogP contribution in [0.3, 0.4) is 0 Å². The minimum absolute atomic E-state index is 0.0843. The van der Waals surface area contributed by atoms with Gasteiger partial charge in [-0.15, -0.1) is 0 Å². The fourth-order valence-corrected chi connectivity index (χ4v) is 2.25. The highest BCUT2D eigenvalue weighted by Crippen LogP contribution is 2.23. The van der Waals surface area contributed by atoms with E-state index in [1.54, 1.807) is 0 Å². The molecule has 0 aromatic rings. The number of aliphatic hydroxyl groups is 1. The second kappa shape index (κ2) is 9.16. The van der Waals surface area contributed by atoms with Crippen molar-refractivity contribution in [1.29, 1.82) is 0 Å². The van der Waals surface area contributed by atoms with Crippen molar-refractivity contribution in [3.05, 3.63) is 0 Å². The van der Waals surface area contributed by atoms with E-state index in [0.717, 1.165) is 38.7 Å². The van der Waals surface area contributed by atoms with Crippen LogP contribution in [-0.2, 0) is 4.74 Å². The van der Waals surface area contributed by atoms with Gasteiger partial charge in [0, 0.05) is 32.4 Å². The molecule has 0 aliphatic heterocycles. The van der Waals surface area contributed by atoms with Gasteiger partial charge < -0.3 is 20.5 Å². The summed E-state index contributed by atoms with van der Waals surface area (Å²) >= 11 is 0. The summed E-state index contributed by atoms with van der Waals surface area (Å²) in [6, 6.07) is 0.179. The lowest BCUT2D eigenvalue weighted by molar-refractivity contribution is 0.144. The lowest BCUT2D eigenvalue weighted by Crippen LogP contribution is -2.44. The summed E-state index contributed by atoms with van der Waals surface area (Å²) in [7, 11) is 0. The molecule has 0 spiro atoms. The average Bonchev–Trinajstić information content (AvgIpc) is 2.39. The lowest BCUT2D eigenvalue weighted by Gasteiger charge is -2.27. The van der Waals surface area contributed by atoms with E-state index < -0.39 is 0 Å². The number of aliphatic hydroxyl groups excluding tert-OH is 1. The topological polar surface area (TPSA) is 70.6 Å². The van der Waals surface area contributed by atoms with Crippen LogP contribution in [0.15, 0.2) is 0 Å². The maximum Gasteiger partial charge on any atom is 0.315 e. The van der Waals surface area contributed by atoms with Crippen LogP contribution in [-0.4, -0.2) is 43.5 Å². The molecular weight excluding hydrogens is 232 g/mol. The third-order valence-electron chi connectivity index (χ3n) is 3.40. The van der Waals surface area contributed by atoms with Crippen LogP contribution in [0.5, 0.6) is 0 Å². The van der Waals surface area contributed by atoms with Gasteiger partial charge in [-0.1, -0.05) is 0 Å². The van der Waals surface area contributed by atoms with Gasteiger partial charge in [0.15, 0.2) is 0 Å². The van der Waals surface area contributed by atoms with E-state index in [4.69, 9.17) is 9.84 Å². The van der Waals surface area contributed by atoms with Crippen molar-refractivity contribution in [3.63, 3.8) is 0 Å². The van der Waals surface area contributed by atoms with Gasteiger partial charge in [0.25, 0.3) is 0 Å². The Labute approximate surface area is 109 Å². The first-order valence-electron chi connectivity index (χ1n) is 6.99. The van der Waals surface area contributed by atoms with Gasteiger partial charge in [0.2, 0.25) is 0 Å². The molecule has 2 amide bonds. The molecule has 0 unspecified atom stereocenters. The summed E-state index contributed by atoms with van der Waals surface area (Å²) in [4.78, 5) is 11.6. The zero-order valence-electron chi connectivity index (χ0n) is 11.3. The number of carbonyl (C=O) groups excluding carboxylic acids is 1. The van der Waals surface area contributed by atoms with Gasteiger partial charge in [-0.2, -0.15) is 0 Å². The Morgan fingerprint density at radius 3 is 2.67 bits per heavy atom. The number of rotatable bonds is 7. The predicted octanol–water partition coefficient (Wildman–Crippen LogP) is 1.26. The molecule has 5 heteroatoms. The first kappa shape index (κ1) is 15.2. The summed E-state index contributed by atoms with van der Waals surface area (Å²) in [5.74, 6) is 0.428. The molecule has 0 radical (unpaired) electrons. The second-order valence-electron chi connectivity index (χ2n) is 4.85. The Morgan fingerprint density at radius 2 is 2.06 bits per heavy atom. The highest BCUT2D eigenvalue weighted by atomic mass is 16.5. The standard InChI is InChI=1S/C13H26N2O3/c1-2-18-9-3-8-14-13(17)15-12-6-4-11(10-16)5-7-12/h11-12,16H,2-10H2,1H3,(H2,14,15,17). The van der Waals surface area contributed by atoms with Crippen LogP contribution in [0.1, 0.15) is 39.0 Å². The predicted molar refractivity (Wildman–Crippen MR) is 70.5 cm³/mol. The van der Waals surface area contributed by atoms with Gasteiger partial charge in [-0.25, -0.2) is 4.79 Å². The van der Waals surface area contributed by atoms with Crippen molar-refractivity contribution < 1.29 is 14.6 Å². The van der Waals surface area contributed by atoms with Crippen molar-refractivity contribution in [2.24, 2.45) is 5.92 Å².